The number of carbonyl (C=O) groups excluding carboxylic acids is 3. The van der Waals surface area contributed by atoms with Gasteiger partial charge in [0.1, 0.15) is 0 Å². The van der Waals surface area contributed by atoms with Gasteiger partial charge in [-0.25, -0.2) is 4.79 Å². The Bertz CT molecular complexity index is 650. The van der Waals surface area contributed by atoms with Gasteiger partial charge < -0.3 is 20.7 Å². The summed E-state index contributed by atoms with van der Waals surface area (Å²) in [7, 11) is 0. The molecule has 0 unspecified atom stereocenters. The summed E-state index contributed by atoms with van der Waals surface area (Å²) in [5.41, 5.74) is 5.85. The fourth-order valence-corrected chi connectivity index (χ4v) is 3.12. The lowest BCUT2D eigenvalue weighted by Gasteiger charge is -2.30. The molecule has 1 aromatic carbocycles. The maximum Gasteiger partial charge on any atom is 0.312 e. The van der Waals surface area contributed by atoms with Gasteiger partial charge in [-0.3, -0.25) is 9.59 Å². The van der Waals surface area contributed by atoms with E-state index < -0.39 is 18.0 Å². The monoisotopic (exact) mass is 381 g/mol. The standard InChI is InChI=1S/C18H24ClN3O4/c1-12-3-2-8-22(10-12)16(23)11-26-17(24)9-15(21-18(20)25)13-4-6-14(19)7-5-13/h4-7,12,15H,2-3,8-11H2,1H3,(H3,20,21,25)/t12-,15+/m0/s1. The van der Waals surface area contributed by atoms with Gasteiger partial charge in [-0.2, -0.15) is 0 Å². The molecule has 1 saturated heterocycles. The van der Waals surface area contributed by atoms with Crippen molar-refractivity contribution in [2.24, 2.45) is 11.7 Å². The molecule has 2 rings (SSSR count). The molecule has 142 valence electrons. The lowest BCUT2D eigenvalue weighted by molar-refractivity contribution is -0.153. The van der Waals surface area contributed by atoms with Crippen molar-refractivity contribution in [3.8, 4) is 0 Å². The predicted octanol–water partition coefficient (Wildman–Crippen LogP) is 2.24. The van der Waals surface area contributed by atoms with Crippen LogP contribution in [-0.4, -0.2) is 42.5 Å². The van der Waals surface area contributed by atoms with Crippen LogP contribution in [0, 0.1) is 5.92 Å². The van der Waals surface area contributed by atoms with Crippen molar-refractivity contribution in [3.05, 3.63) is 34.9 Å². The molecule has 1 heterocycles. The number of benzene rings is 1. The Morgan fingerprint density at radius 1 is 1.35 bits per heavy atom. The fourth-order valence-electron chi connectivity index (χ4n) is 2.99. The zero-order valence-corrected chi connectivity index (χ0v) is 15.5. The van der Waals surface area contributed by atoms with Gasteiger partial charge in [0, 0.05) is 18.1 Å². The van der Waals surface area contributed by atoms with Crippen molar-refractivity contribution < 1.29 is 19.1 Å². The summed E-state index contributed by atoms with van der Waals surface area (Å²) < 4.78 is 5.10. The lowest BCUT2D eigenvalue weighted by Crippen LogP contribution is -2.41. The van der Waals surface area contributed by atoms with Crippen LogP contribution in [0.2, 0.25) is 5.02 Å². The van der Waals surface area contributed by atoms with E-state index in [-0.39, 0.29) is 18.9 Å². The minimum atomic E-state index is -0.754. The van der Waals surface area contributed by atoms with Crippen LogP contribution in [0.5, 0.6) is 0 Å². The van der Waals surface area contributed by atoms with Crippen LogP contribution >= 0.6 is 11.6 Å². The number of primary amides is 1. The van der Waals surface area contributed by atoms with Gasteiger partial charge in [0.15, 0.2) is 6.61 Å². The molecule has 0 aromatic heterocycles. The largest absolute Gasteiger partial charge is 0.455 e. The van der Waals surface area contributed by atoms with E-state index in [1.807, 2.05) is 0 Å². The number of halogens is 1. The Morgan fingerprint density at radius 3 is 2.65 bits per heavy atom. The second kappa shape index (κ2) is 9.43. The summed E-state index contributed by atoms with van der Waals surface area (Å²) in [6.45, 7) is 3.18. The second-order valence-corrected chi connectivity index (χ2v) is 7.00. The van der Waals surface area contributed by atoms with E-state index in [0.717, 1.165) is 12.8 Å². The molecule has 7 nitrogen and oxygen atoms in total. The number of likely N-dealkylation sites (tertiary alicyclic amines) is 1. The number of esters is 1. The molecule has 0 saturated carbocycles. The fraction of sp³-hybridized carbons (Fsp3) is 0.500. The number of nitrogens with zero attached hydrogens (tertiary/aromatic N) is 1. The number of nitrogens with one attached hydrogen (secondary N) is 1. The smallest absolute Gasteiger partial charge is 0.312 e. The Morgan fingerprint density at radius 2 is 2.04 bits per heavy atom. The number of rotatable bonds is 6. The third-order valence-electron chi connectivity index (χ3n) is 4.33. The molecular formula is C18H24ClN3O4. The zero-order chi connectivity index (χ0) is 19.1. The van der Waals surface area contributed by atoms with Crippen molar-refractivity contribution in [2.45, 2.75) is 32.2 Å². The van der Waals surface area contributed by atoms with Gasteiger partial charge in [0.2, 0.25) is 0 Å². The van der Waals surface area contributed by atoms with E-state index in [2.05, 4.69) is 12.2 Å². The van der Waals surface area contributed by atoms with E-state index in [1.54, 1.807) is 29.2 Å². The van der Waals surface area contributed by atoms with Crippen molar-refractivity contribution in [1.82, 2.24) is 10.2 Å². The minimum absolute atomic E-state index is 0.131. The van der Waals surface area contributed by atoms with E-state index in [9.17, 15) is 14.4 Å². The van der Waals surface area contributed by atoms with Crippen LogP contribution in [0.25, 0.3) is 0 Å². The Labute approximate surface area is 157 Å². The maximum atomic E-state index is 12.2. The lowest BCUT2D eigenvalue weighted by atomic mass is 10.0. The number of ether oxygens (including phenoxy) is 1. The third-order valence-corrected chi connectivity index (χ3v) is 4.58. The number of hydrogen-bond donors (Lipinski definition) is 2. The highest BCUT2D eigenvalue weighted by Gasteiger charge is 2.23. The molecule has 0 aliphatic carbocycles. The van der Waals surface area contributed by atoms with Crippen LogP contribution in [0.4, 0.5) is 4.79 Å². The van der Waals surface area contributed by atoms with Gasteiger partial charge in [-0.15, -0.1) is 0 Å². The number of nitrogens with two attached hydrogens (primary N) is 1. The van der Waals surface area contributed by atoms with Crippen molar-refractivity contribution in [2.75, 3.05) is 19.7 Å². The number of carbonyl (C=O) groups is 3. The number of urea groups is 1. The molecule has 26 heavy (non-hydrogen) atoms. The molecule has 1 aromatic rings. The first-order chi connectivity index (χ1) is 12.3. The molecule has 3 amide bonds. The highest BCUT2D eigenvalue weighted by Crippen LogP contribution is 2.20. The summed E-state index contributed by atoms with van der Waals surface area (Å²) in [6.07, 6.45) is 1.93. The molecule has 2 atom stereocenters. The van der Waals surface area contributed by atoms with Crippen LogP contribution < -0.4 is 11.1 Å². The van der Waals surface area contributed by atoms with E-state index >= 15 is 0 Å². The maximum absolute atomic E-state index is 12.2. The molecule has 1 fully saturated rings. The van der Waals surface area contributed by atoms with Gasteiger partial charge in [-0.1, -0.05) is 30.7 Å². The third kappa shape index (κ3) is 6.22. The molecule has 0 radical (unpaired) electrons. The Hall–Kier alpha value is -2.28. The second-order valence-electron chi connectivity index (χ2n) is 6.56. The molecule has 3 N–H and O–H groups in total. The average molecular weight is 382 g/mol. The first-order valence-corrected chi connectivity index (χ1v) is 8.97. The van der Waals surface area contributed by atoms with Gasteiger partial charge in [0.25, 0.3) is 5.91 Å². The van der Waals surface area contributed by atoms with E-state index in [0.29, 0.717) is 29.6 Å². The summed E-state index contributed by atoms with van der Waals surface area (Å²) in [6, 6.07) is 5.28. The normalized spacial score (nSPS) is 18.1. The summed E-state index contributed by atoms with van der Waals surface area (Å²) >= 11 is 5.85. The predicted molar refractivity (Wildman–Crippen MR) is 97.5 cm³/mol. The topological polar surface area (TPSA) is 102 Å². The molecule has 0 bridgehead atoms. The van der Waals surface area contributed by atoms with Crippen LogP contribution in [0.3, 0.4) is 0 Å². The van der Waals surface area contributed by atoms with E-state index in [1.165, 1.54) is 0 Å². The minimum Gasteiger partial charge on any atom is -0.455 e. The molecule has 1 aliphatic heterocycles. The molecule has 8 heteroatoms. The van der Waals surface area contributed by atoms with Crippen molar-refractivity contribution in [3.63, 3.8) is 0 Å². The summed E-state index contributed by atoms with van der Waals surface area (Å²) in [5.74, 6) is -0.328. The van der Waals surface area contributed by atoms with Crippen molar-refractivity contribution >= 4 is 29.5 Å². The van der Waals surface area contributed by atoms with E-state index in [4.69, 9.17) is 22.1 Å². The number of piperidine rings is 1. The number of hydrogen-bond acceptors (Lipinski definition) is 4. The van der Waals surface area contributed by atoms with Crippen LogP contribution in [-0.2, 0) is 14.3 Å². The molecule has 0 spiro atoms. The molecule has 1 aliphatic rings. The van der Waals surface area contributed by atoms with Crippen LogP contribution in [0.1, 0.15) is 37.8 Å². The summed E-state index contributed by atoms with van der Waals surface area (Å²) in [4.78, 5) is 37.2. The summed E-state index contributed by atoms with van der Waals surface area (Å²) in [5, 5.41) is 3.04. The first-order valence-electron chi connectivity index (χ1n) is 8.60. The Balaban J connectivity index is 1.89. The quantitative estimate of drug-likeness (QED) is 0.737. The number of amides is 3. The SMILES string of the molecule is C[C@H]1CCCN(C(=O)COC(=O)C[C@@H](NC(N)=O)c2ccc(Cl)cc2)C1. The van der Waals surface area contributed by atoms with Crippen molar-refractivity contribution in [1.29, 1.82) is 0 Å². The van der Waals surface area contributed by atoms with Gasteiger partial charge >= 0.3 is 12.0 Å². The van der Waals surface area contributed by atoms with Gasteiger partial charge in [-0.05, 0) is 36.5 Å². The zero-order valence-electron chi connectivity index (χ0n) is 14.7. The first kappa shape index (κ1) is 20.0. The average Bonchev–Trinajstić information content (AvgIpc) is 2.59. The van der Waals surface area contributed by atoms with Gasteiger partial charge in [0.05, 0.1) is 12.5 Å². The highest BCUT2D eigenvalue weighted by molar-refractivity contribution is 6.30. The molecular weight excluding hydrogens is 358 g/mol. The van der Waals surface area contributed by atoms with Crippen LogP contribution in [0.15, 0.2) is 24.3 Å². The highest BCUT2D eigenvalue weighted by atomic mass is 35.5. The Kier molecular flexibility index (Phi) is 7.26.